The second kappa shape index (κ2) is 4.05. The minimum absolute atomic E-state index is 0.272. The van der Waals surface area contributed by atoms with Gasteiger partial charge < -0.3 is 0 Å². The summed E-state index contributed by atoms with van der Waals surface area (Å²) in [5, 5.41) is -0.272. The number of hydrogen-bond acceptors (Lipinski definition) is 0. The molecule has 1 rings (SSSR count). The van der Waals surface area contributed by atoms with Crippen LogP contribution in [0.4, 0.5) is 13.2 Å². The average Bonchev–Trinajstić information content (AvgIpc) is 2.07. The highest BCUT2D eigenvalue weighted by atomic mass is 35.5. The molecule has 0 aromatic heterocycles. The maximum absolute atomic E-state index is 12.4. The van der Waals surface area contributed by atoms with Crippen molar-refractivity contribution in [3.05, 3.63) is 40.4 Å². The van der Waals surface area contributed by atoms with E-state index >= 15 is 0 Å². The third-order valence-electron chi connectivity index (χ3n) is 1.65. The van der Waals surface area contributed by atoms with Crippen LogP contribution in [0.15, 0.2) is 24.3 Å². The molecule has 4 heteroatoms. The molecule has 1 aromatic rings. The zero-order valence-corrected chi connectivity index (χ0v) is 8.15. The summed E-state index contributed by atoms with van der Waals surface area (Å²) in [7, 11) is 0. The first kappa shape index (κ1) is 11.1. The topological polar surface area (TPSA) is 0 Å². The van der Waals surface area contributed by atoms with Crippen LogP contribution in [0.1, 0.15) is 18.1 Å². The molecule has 0 fully saturated rings. The number of allylic oxidation sites excluding steroid dienone is 1. The van der Waals surface area contributed by atoms with E-state index < -0.39 is 11.7 Å². The largest absolute Gasteiger partial charge is 0.417 e. The van der Waals surface area contributed by atoms with Gasteiger partial charge in [-0.2, -0.15) is 13.2 Å². The van der Waals surface area contributed by atoms with Gasteiger partial charge in [0.1, 0.15) is 0 Å². The van der Waals surface area contributed by atoms with E-state index in [9.17, 15) is 13.2 Å². The number of alkyl halides is 3. The van der Waals surface area contributed by atoms with Gasteiger partial charge in [-0.15, -0.1) is 0 Å². The van der Waals surface area contributed by atoms with Gasteiger partial charge in [-0.3, -0.25) is 0 Å². The van der Waals surface area contributed by atoms with E-state index in [0.29, 0.717) is 5.56 Å². The Labute approximate surface area is 85.0 Å². The molecule has 0 aliphatic carbocycles. The molecule has 0 N–H and O–H groups in total. The maximum atomic E-state index is 12.4. The Balaban J connectivity index is 3.22. The van der Waals surface area contributed by atoms with Crippen LogP contribution >= 0.6 is 11.6 Å². The molecule has 1 aromatic carbocycles. The Morgan fingerprint density at radius 1 is 1.29 bits per heavy atom. The lowest BCUT2D eigenvalue weighted by atomic mass is 10.1. The Kier molecular flexibility index (Phi) is 3.21. The summed E-state index contributed by atoms with van der Waals surface area (Å²) in [6.45, 7) is 1.74. The summed E-state index contributed by atoms with van der Waals surface area (Å²) in [6.07, 6.45) is -1.14. The molecule has 0 saturated heterocycles. The van der Waals surface area contributed by atoms with Crippen molar-refractivity contribution in [1.82, 2.24) is 0 Å². The predicted molar refractivity (Wildman–Crippen MR) is 51.2 cm³/mol. The molecule has 0 spiro atoms. The molecule has 14 heavy (non-hydrogen) atoms. The van der Waals surface area contributed by atoms with Crippen LogP contribution in [0.3, 0.4) is 0 Å². The van der Waals surface area contributed by atoms with Gasteiger partial charge in [0.25, 0.3) is 0 Å². The SMILES string of the molecule is CC=Cc1ccc(Cl)c(C(F)(F)F)c1. The normalized spacial score (nSPS) is 12.4. The van der Waals surface area contributed by atoms with Crippen LogP contribution in [0.2, 0.25) is 5.02 Å². The highest BCUT2D eigenvalue weighted by molar-refractivity contribution is 6.31. The molecule has 0 aliphatic rings. The second-order valence-electron chi connectivity index (χ2n) is 2.74. The second-order valence-corrected chi connectivity index (χ2v) is 3.14. The van der Waals surface area contributed by atoms with E-state index in [2.05, 4.69) is 0 Å². The molecule has 76 valence electrons. The van der Waals surface area contributed by atoms with Crippen molar-refractivity contribution in [3.63, 3.8) is 0 Å². The van der Waals surface area contributed by atoms with Gasteiger partial charge in [0.2, 0.25) is 0 Å². The van der Waals surface area contributed by atoms with Gasteiger partial charge in [-0.05, 0) is 24.6 Å². The van der Waals surface area contributed by atoms with E-state index in [4.69, 9.17) is 11.6 Å². The summed E-state index contributed by atoms with van der Waals surface area (Å²) in [4.78, 5) is 0. The minimum Gasteiger partial charge on any atom is -0.166 e. The smallest absolute Gasteiger partial charge is 0.166 e. The minimum atomic E-state index is -4.39. The Bertz CT molecular complexity index is 353. The third kappa shape index (κ3) is 2.51. The third-order valence-corrected chi connectivity index (χ3v) is 1.98. The lowest BCUT2D eigenvalue weighted by Gasteiger charge is -2.09. The van der Waals surface area contributed by atoms with Gasteiger partial charge in [-0.25, -0.2) is 0 Å². The lowest BCUT2D eigenvalue weighted by molar-refractivity contribution is -0.137. The van der Waals surface area contributed by atoms with Gasteiger partial charge in [0, 0.05) is 0 Å². The van der Waals surface area contributed by atoms with Crippen LogP contribution in [0.25, 0.3) is 6.08 Å². The van der Waals surface area contributed by atoms with Crippen molar-refractivity contribution < 1.29 is 13.2 Å². The monoisotopic (exact) mass is 220 g/mol. The van der Waals surface area contributed by atoms with E-state index in [0.717, 1.165) is 6.07 Å². The molecule has 0 amide bonds. The van der Waals surface area contributed by atoms with Crippen molar-refractivity contribution >= 4 is 17.7 Å². The number of halogens is 4. The Morgan fingerprint density at radius 3 is 2.43 bits per heavy atom. The highest BCUT2D eigenvalue weighted by Crippen LogP contribution is 2.35. The molecule has 0 bridgehead atoms. The summed E-state index contributed by atoms with van der Waals surface area (Å²) in [5.41, 5.74) is -0.306. The quantitative estimate of drug-likeness (QED) is 0.658. The average molecular weight is 221 g/mol. The zero-order valence-electron chi connectivity index (χ0n) is 7.40. The highest BCUT2D eigenvalue weighted by Gasteiger charge is 2.33. The molecule has 0 atom stereocenters. The fraction of sp³-hybridized carbons (Fsp3) is 0.200. The van der Waals surface area contributed by atoms with Crippen LogP contribution < -0.4 is 0 Å². The number of hydrogen-bond donors (Lipinski definition) is 0. The van der Waals surface area contributed by atoms with Crippen molar-refractivity contribution in [2.75, 3.05) is 0 Å². The van der Waals surface area contributed by atoms with Crippen molar-refractivity contribution in [1.29, 1.82) is 0 Å². The molecule has 0 saturated carbocycles. The Hall–Kier alpha value is -0.960. The summed E-state index contributed by atoms with van der Waals surface area (Å²) < 4.78 is 37.1. The first-order chi connectivity index (χ1) is 6.45. The summed E-state index contributed by atoms with van der Waals surface area (Å²) >= 11 is 5.44. The Morgan fingerprint density at radius 2 is 1.93 bits per heavy atom. The molecule has 0 heterocycles. The lowest BCUT2D eigenvalue weighted by Crippen LogP contribution is -2.05. The fourth-order valence-corrected chi connectivity index (χ4v) is 1.28. The van der Waals surface area contributed by atoms with Crippen LogP contribution in [0.5, 0.6) is 0 Å². The van der Waals surface area contributed by atoms with Gasteiger partial charge in [-0.1, -0.05) is 29.8 Å². The van der Waals surface area contributed by atoms with Gasteiger partial charge >= 0.3 is 6.18 Å². The molecule has 0 radical (unpaired) electrons. The van der Waals surface area contributed by atoms with Crippen LogP contribution in [-0.4, -0.2) is 0 Å². The van der Waals surface area contributed by atoms with Crippen LogP contribution in [0, 0.1) is 0 Å². The van der Waals surface area contributed by atoms with Crippen molar-refractivity contribution in [2.24, 2.45) is 0 Å². The summed E-state index contributed by atoms with van der Waals surface area (Å²) in [5.74, 6) is 0. The van der Waals surface area contributed by atoms with E-state index in [1.165, 1.54) is 12.1 Å². The molecule has 0 aliphatic heterocycles. The molecule has 0 unspecified atom stereocenters. The van der Waals surface area contributed by atoms with Crippen LogP contribution in [-0.2, 0) is 6.18 Å². The fourth-order valence-electron chi connectivity index (χ4n) is 1.06. The first-order valence-corrected chi connectivity index (χ1v) is 4.32. The van der Waals surface area contributed by atoms with Crippen molar-refractivity contribution in [3.8, 4) is 0 Å². The summed E-state index contributed by atoms with van der Waals surface area (Å²) in [6, 6.07) is 3.82. The standard InChI is InChI=1S/C10H8ClF3/c1-2-3-7-4-5-9(11)8(6-7)10(12,13)14/h2-6H,1H3. The molecular weight excluding hydrogens is 213 g/mol. The first-order valence-electron chi connectivity index (χ1n) is 3.94. The number of rotatable bonds is 1. The molecule has 0 nitrogen and oxygen atoms in total. The van der Waals surface area contributed by atoms with Gasteiger partial charge in [0.05, 0.1) is 10.6 Å². The maximum Gasteiger partial charge on any atom is 0.417 e. The van der Waals surface area contributed by atoms with E-state index in [-0.39, 0.29) is 5.02 Å². The van der Waals surface area contributed by atoms with E-state index in [1.807, 2.05) is 0 Å². The zero-order chi connectivity index (χ0) is 10.8. The van der Waals surface area contributed by atoms with E-state index in [1.54, 1.807) is 19.1 Å². The van der Waals surface area contributed by atoms with Crippen molar-refractivity contribution in [2.45, 2.75) is 13.1 Å². The predicted octanol–water partition coefficient (Wildman–Crippen LogP) is 4.39. The number of benzene rings is 1. The molecular formula is C10H8ClF3. The van der Waals surface area contributed by atoms with Gasteiger partial charge in [0.15, 0.2) is 0 Å².